The minimum atomic E-state index is 0.109. The first kappa shape index (κ1) is 14.5. The third-order valence-corrected chi connectivity index (χ3v) is 6.82. The van der Waals surface area contributed by atoms with E-state index in [4.69, 9.17) is 11.6 Å². The molecule has 0 aliphatic carbocycles. The minimum absolute atomic E-state index is 0.109. The Labute approximate surface area is 134 Å². The maximum Gasteiger partial charge on any atom is 0.0719 e. The standard InChI is InChI=1S/C17H19ClS2/c1-11-3-4-13(7-12(11)2)8-15(18)17-9-14-10-19-6-5-16(14)20-17/h3-4,7,9,15H,5-6,8,10H2,1-2H3. The van der Waals surface area contributed by atoms with Gasteiger partial charge in [-0.05, 0) is 60.8 Å². The Hall–Kier alpha value is -0.440. The summed E-state index contributed by atoms with van der Waals surface area (Å²) in [4.78, 5) is 2.90. The molecule has 1 aromatic heterocycles. The molecule has 1 aliphatic rings. The molecule has 0 spiro atoms. The molecule has 1 unspecified atom stereocenters. The van der Waals surface area contributed by atoms with E-state index in [1.165, 1.54) is 45.1 Å². The molecule has 0 saturated carbocycles. The summed E-state index contributed by atoms with van der Waals surface area (Å²) in [5, 5.41) is 0.109. The van der Waals surface area contributed by atoms with E-state index in [1.54, 1.807) is 4.88 Å². The van der Waals surface area contributed by atoms with E-state index in [0.717, 1.165) is 6.42 Å². The molecular weight excluding hydrogens is 304 g/mol. The summed E-state index contributed by atoms with van der Waals surface area (Å²) in [6.07, 6.45) is 2.15. The Morgan fingerprint density at radius 1 is 1.20 bits per heavy atom. The zero-order valence-electron chi connectivity index (χ0n) is 11.9. The van der Waals surface area contributed by atoms with E-state index in [0.29, 0.717) is 0 Å². The average Bonchev–Trinajstić information content (AvgIpc) is 2.87. The molecule has 3 heteroatoms. The van der Waals surface area contributed by atoms with Crippen molar-refractivity contribution < 1.29 is 0 Å². The number of aryl methyl sites for hydroxylation is 3. The van der Waals surface area contributed by atoms with Crippen molar-refractivity contribution in [3.8, 4) is 0 Å². The van der Waals surface area contributed by atoms with Crippen molar-refractivity contribution in [1.82, 2.24) is 0 Å². The summed E-state index contributed by atoms with van der Waals surface area (Å²) in [7, 11) is 0. The fourth-order valence-corrected chi connectivity index (χ4v) is 5.29. The topological polar surface area (TPSA) is 0 Å². The van der Waals surface area contributed by atoms with Crippen LogP contribution in [0.25, 0.3) is 0 Å². The van der Waals surface area contributed by atoms with E-state index in [-0.39, 0.29) is 5.38 Å². The predicted molar refractivity (Wildman–Crippen MR) is 92.4 cm³/mol. The van der Waals surface area contributed by atoms with E-state index < -0.39 is 0 Å². The lowest BCUT2D eigenvalue weighted by atomic mass is 10.0. The highest BCUT2D eigenvalue weighted by molar-refractivity contribution is 7.98. The van der Waals surface area contributed by atoms with E-state index in [9.17, 15) is 0 Å². The minimum Gasteiger partial charge on any atom is -0.157 e. The number of thioether (sulfide) groups is 1. The molecule has 0 amide bonds. The van der Waals surface area contributed by atoms with Gasteiger partial charge < -0.3 is 0 Å². The summed E-state index contributed by atoms with van der Waals surface area (Å²) >= 11 is 10.6. The van der Waals surface area contributed by atoms with Gasteiger partial charge >= 0.3 is 0 Å². The van der Waals surface area contributed by atoms with Gasteiger partial charge in [0.25, 0.3) is 0 Å². The molecule has 0 bridgehead atoms. The van der Waals surface area contributed by atoms with Crippen LogP contribution in [-0.2, 0) is 18.6 Å². The highest BCUT2D eigenvalue weighted by Crippen LogP contribution is 2.37. The van der Waals surface area contributed by atoms with E-state index in [1.807, 2.05) is 23.1 Å². The van der Waals surface area contributed by atoms with E-state index in [2.05, 4.69) is 38.1 Å². The van der Waals surface area contributed by atoms with Crippen molar-refractivity contribution in [3.05, 3.63) is 56.3 Å². The third-order valence-electron chi connectivity index (χ3n) is 3.94. The highest BCUT2D eigenvalue weighted by Gasteiger charge is 2.18. The molecular formula is C17H19ClS2. The average molecular weight is 323 g/mol. The Balaban J connectivity index is 1.76. The summed E-state index contributed by atoms with van der Waals surface area (Å²) in [6.45, 7) is 4.32. The van der Waals surface area contributed by atoms with Crippen LogP contribution in [0.3, 0.4) is 0 Å². The molecule has 1 aromatic carbocycles. The normalized spacial score (nSPS) is 15.9. The Morgan fingerprint density at radius 3 is 2.80 bits per heavy atom. The zero-order valence-corrected chi connectivity index (χ0v) is 14.3. The fraction of sp³-hybridized carbons (Fsp3) is 0.412. The molecule has 3 rings (SSSR count). The van der Waals surface area contributed by atoms with Gasteiger partial charge in [0.05, 0.1) is 5.38 Å². The molecule has 1 atom stereocenters. The van der Waals surface area contributed by atoms with Crippen molar-refractivity contribution in [2.24, 2.45) is 0 Å². The number of halogens is 1. The van der Waals surface area contributed by atoms with E-state index >= 15 is 0 Å². The third kappa shape index (κ3) is 3.08. The van der Waals surface area contributed by atoms with Gasteiger partial charge in [-0.25, -0.2) is 0 Å². The number of fused-ring (bicyclic) bond motifs is 1. The second-order valence-electron chi connectivity index (χ2n) is 5.49. The number of benzene rings is 1. The van der Waals surface area contributed by atoms with Crippen LogP contribution in [0, 0.1) is 13.8 Å². The van der Waals surface area contributed by atoms with Gasteiger partial charge in [-0.3, -0.25) is 0 Å². The monoisotopic (exact) mass is 322 g/mol. The molecule has 0 radical (unpaired) electrons. The van der Waals surface area contributed by atoms with Crippen LogP contribution in [0.4, 0.5) is 0 Å². The van der Waals surface area contributed by atoms with Crippen LogP contribution < -0.4 is 0 Å². The second kappa shape index (κ2) is 6.13. The van der Waals surface area contributed by atoms with Crippen molar-refractivity contribution in [3.63, 3.8) is 0 Å². The van der Waals surface area contributed by atoms with Crippen molar-refractivity contribution in [2.75, 3.05) is 5.75 Å². The first-order valence-electron chi connectivity index (χ1n) is 7.03. The Morgan fingerprint density at radius 2 is 2.05 bits per heavy atom. The van der Waals surface area contributed by atoms with Crippen molar-refractivity contribution >= 4 is 34.7 Å². The number of rotatable bonds is 3. The van der Waals surface area contributed by atoms with Gasteiger partial charge in [-0.2, -0.15) is 11.8 Å². The molecule has 0 N–H and O–H groups in total. The van der Waals surface area contributed by atoms with Crippen molar-refractivity contribution in [2.45, 2.75) is 37.8 Å². The first-order chi connectivity index (χ1) is 9.63. The first-order valence-corrected chi connectivity index (χ1v) is 9.43. The number of alkyl halides is 1. The smallest absolute Gasteiger partial charge is 0.0719 e. The quantitative estimate of drug-likeness (QED) is 0.655. The lowest BCUT2D eigenvalue weighted by molar-refractivity contribution is 0.935. The molecule has 2 aromatic rings. The molecule has 0 nitrogen and oxygen atoms in total. The Kier molecular flexibility index (Phi) is 4.44. The van der Waals surface area contributed by atoms with Crippen LogP contribution in [0.2, 0.25) is 0 Å². The second-order valence-corrected chi connectivity index (χ2v) is 8.29. The Bertz CT molecular complexity index is 592. The lowest BCUT2D eigenvalue weighted by Crippen LogP contribution is -1.96. The van der Waals surface area contributed by atoms with Gasteiger partial charge in [0, 0.05) is 15.5 Å². The number of hydrogen-bond acceptors (Lipinski definition) is 2. The molecule has 2 heterocycles. The van der Waals surface area contributed by atoms with Crippen LogP contribution in [0.15, 0.2) is 24.3 Å². The van der Waals surface area contributed by atoms with Crippen LogP contribution >= 0.6 is 34.7 Å². The fourth-order valence-electron chi connectivity index (χ4n) is 2.56. The largest absolute Gasteiger partial charge is 0.157 e. The van der Waals surface area contributed by atoms with Gasteiger partial charge in [-0.15, -0.1) is 22.9 Å². The van der Waals surface area contributed by atoms with Gasteiger partial charge in [0.2, 0.25) is 0 Å². The predicted octanol–water partition coefficient (Wildman–Crippen LogP) is 5.68. The SMILES string of the molecule is Cc1ccc(CC(Cl)c2cc3c(s2)CCSC3)cc1C. The maximum absolute atomic E-state index is 6.66. The van der Waals surface area contributed by atoms with Crippen LogP contribution in [0.1, 0.15) is 37.4 Å². The summed E-state index contributed by atoms with van der Waals surface area (Å²) in [6, 6.07) is 9.02. The van der Waals surface area contributed by atoms with Crippen LogP contribution in [-0.4, -0.2) is 5.75 Å². The highest BCUT2D eigenvalue weighted by atomic mass is 35.5. The molecule has 106 valence electrons. The molecule has 0 fully saturated rings. The summed E-state index contributed by atoms with van der Waals surface area (Å²) < 4.78 is 0. The zero-order chi connectivity index (χ0) is 14.1. The molecule has 20 heavy (non-hydrogen) atoms. The van der Waals surface area contributed by atoms with Gasteiger partial charge in [0.1, 0.15) is 0 Å². The lowest BCUT2D eigenvalue weighted by Gasteiger charge is -2.09. The molecule has 1 aliphatic heterocycles. The summed E-state index contributed by atoms with van der Waals surface area (Å²) in [5.41, 5.74) is 5.57. The van der Waals surface area contributed by atoms with Gasteiger partial charge in [0.15, 0.2) is 0 Å². The molecule has 0 saturated heterocycles. The number of thiophene rings is 1. The maximum atomic E-state index is 6.66. The van der Waals surface area contributed by atoms with Crippen molar-refractivity contribution in [1.29, 1.82) is 0 Å². The summed E-state index contributed by atoms with van der Waals surface area (Å²) in [5.74, 6) is 2.43. The number of hydrogen-bond donors (Lipinski definition) is 0. The van der Waals surface area contributed by atoms with Crippen LogP contribution in [0.5, 0.6) is 0 Å². The van der Waals surface area contributed by atoms with Gasteiger partial charge in [-0.1, -0.05) is 18.2 Å².